The Kier molecular flexibility index (Phi) is 3.05. The van der Waals surface area contributed by atoms with E-state index in [9.17, 15) is 13.2 Å². The maximum Gasteiger partial charge on any atom is 0.389 e. The summed E-state index contributed by atoms with van der Waals surface area (Å²) in [6.07, 6.45) is -5.48. The van der Waals surface area contributed by atoms with Gasteiger partial charge in [0.1, 0.15) is 4.88 Å². The molecule has 0 aliphatic rings. The summed E-state index contributed by atoms with van der Waals surface area (Å²) in [6.45, 7) is 0. The van der Waals surface area contributed by atoms with Crippen molar-refractivity contribution in [2.24, 2.45) is 0 Å². The first-order valence-electron chi connectivity index (χ1n) is 4.68. The lowest BCUT2D eigenvalue weighted by atomic mass is 10.3. The largest absolute Gasteiger partial charge is 0.397 e. The van der Waals surface area contributed by atoms with Crippen molar-refractivity contribution in [2.75, 3.05) is 5.73 Å². The first-order chi connectivity index (χ1) is 7.96. The standard InChI is InChI=1S/C9H8F3N3OS/c10-9(11,12)3-1-6-14-8(16-15-6)7-5(13)2-4-17-7/h2,4H,1,3,13H2. The Bertz CT molecular complexity index is 506. The molecule has 0 fully saturated rings. The van der Waals surface area contributed by atoms with Crippen molar-refractivity contribution in [3.8, 4) is 10.8 Å². The van der Waals surface area contributed by atoms with Gasteiger partial charge in [0, 0.05) is 6.42 Å². The van der Waals surface area contributed by atoms with Gasteiger partial charge in [0.15, 0.2) is 5.82 Å². The molecule has 0 amide bonds. The average molecular weight is 263 g/mol. The molecule has 0 unspecified atom stereocenters. The van der Waals surface area contributed by atoms with E-state index in [4.69, 9.17) is 10.3 Å². The van der Waals surface area contributed by atoms with E-state index in [2.05, 4.69) is 10.1 Å². The van der Waals surface area contributed by atoms with Crippen molar-refractivity contribution in [2.45, 2.75) is 19.0 Å². The molecule has 17 heavy (non-hydrogen) atoms. The SMILES string of the molecule is Nc1ccsc1-c1nc(CCC(F)(F)F)no1. The van der Waals surface area contributed by atoms with Crippen molar-refractivity contribution in [1.29, 1.82) is 0 Å². The minimum Gasteiger partial charge on any atom is -0.397 e. The number of thiophene rings is 1. The minimum absolute atomic E-state index is 0.0325. The summed E-state index contributed by atoms with van der Waals surface area (Å²) >= 11 is 1.30. The third kappa shape index (κ3) is 2.96. The van der Waals surface area contributed by atoms with Crippen LogP contribution in [0.4, 0.5) is 18.9 Å². The molecule has 8 heteroatoms. The fourth-order valence-corrected chi connectivity index (χ4v) is 1.93. The van der Waals surface area contributed by atoms with Crippen LogP contribution in [0.5, 0.6) is 0 Å². The molecule has 0 atom stereocenters. The molecule has 0 aliphatic carbocycles. The lowest BCUT2D eigenvalue weighted by Gasteiger charge is -2.01. The fraction of sp³-hybridized carbons (Fsp3) is 0.333. The van der Waals surface area contributed by atoms with Gasteiger partial charge in [-0.15, -0.1) is 11.3 Å². The predicted molar refractivity (Wildman–Crippen MR) is 56.4 cm³/mol. The third-order valence-corrected chi connectivity index (χ3v) is 2.91. The van der Waals surface area contributed by atoms with Crippen LogP contribution in [-0.4, -0.2) is 16.3 Å². The first kappa shape index (κ1) is 11.9. The molecule has 2 aromatic heterocycles. The Morgan fingerprint density at radius 1 is 1.41 bits per heavy atom. The van der Waals surface area contributed by atoms with Gasteiger partial charge >= 0.3 is 6.18 Å². The van der Waals surface area contributed by atoms with E-state index in [-0.39, 0.29) is 18.1 Å². The molecule has 0 bridgehead atoms. The molecule has 2 rings (SSSR count). The van der Waals surface area contributed by atoms with Gasteiger partial charge in [-0.25, -0.2) is 0 Å². The highest BCUT2D eigenvalue weighted by Gasteiger charge is 2.27. The Balaban J connectivity index is 2.09. The number of hydrogen-bond acceptors (Lipinski definition) is 5. The van der Waals surface area contributed by atoms with Crippen LogP contribution in [0, 0.1) is 0 Å². The van der Waals surface area contributed by atoms with E-state index >= 15 is 0 Å². The summed E-state index contributed by atoms with van der Waals surface area (Å²) in [4.78, 5) is 4.45. The lowest BCUT2D eigenvalue weighted by Crippen LogP contribution is -2.09. The number of aryl methyl sites for hydroxylation is 1. The number of anilines is 1. The van der Waals surface area contributed by atoms with Crippen LogP contribution in [0.15, 0.2) is 16.0 Å². The van der Waals surface area contributed by atoms with Gasteiger partial charge in [-0.05, 0) is 11.4 Å². The molecule has 0 aromatic carbocycles. The van der Waals surface area contributed by atoms with E-state index in [1.807, 2.05) is 0 Å². The summed E-state index contributed by atoms with van der Waals surface area (Å²) < 4.78 is 40.8. The highest BCUT2D eigenvalue weighted by Crippen LogP contribution is 2.30. The molecule has 0 saturated heterocycles. The number of nitrogens with zero attached hydrogens (tertiary/aromatic N) is 2. The van der Waals surface area contributed by atoms with Gasteiger partial charge in [-0.2, -0.15) is 18.2 Å². The van der Waals surface area contributed by atoms with Crippen molar-refractivity contribution < 1.29 is 17.7 Å². The Morgan fingerprint density at radius 3 is 2.76 bits per heavy atom. The molecule has 2 heterocycles. The van der Waals surface area contributed by atoms with E-state index in [0.29, 0.717) is 10.6 Å². The zero-order valence-corrected chi connectivity index (χ0v) is 9.31. The smallest absolute Gasteiger partial charge is 0.389 e. The van der Waals surface area contributed by atoms with E-state index in [1.54, 1.807) is 11.4 Å². The lowest BCUT2D eigenvalue weighted by molar-refractivity contribution is -0.134. The normalized spacial score (nSPS) is 11.9. The maximum atomic E-state index is 12.0. The summed E-state index contributed by atoms with van der Waals surface area (Å²) in [5, 5.41) is 5.22. The van der Waals surface area contributed by atoms with Gasteiger partial charge in [-0.1, -0.05) is 5.16 Å². The Morgan fingerprint density at radius 2 is 2.18 bits per heavy atom. The van der Waals surface area contributed by atoms with E-state index in [1.165, 1.54) is 11.3 Å². The van der Waals surface area contributed by atoms with E-state index < -0.39 is 12.6 Å². The molecule has 0 spiro atoms. The molecule has 0 radical (unpaired) electrons. The summed E-state index contributed by atoms with van der Waals surface area (Å²) in [5.41, 5.74) is 6.10. The fourth-order valence-electron chi connectivity index (χ4n) is 1.19. The first-order valence-corrected chi connectivity index (χ1v) is 5.56. The molecular weight excluding hydrogens is 255 g/mol. The van der Waals surface area contributed by atoms with Crippen LogP contribution in [-0.2, 0) is 6.42 Å². The van der Waals surface area contributed by atoms with Crippen LogP contribution in [0.25, 0.3) is 10.8 Å². The summed E-state index contributed by atoms with van der Waals surface area (Å²) in [5.74, 6) is 0.194. The molecule has 2 aromatic rings. The minimum atomic E-state index is -4.22. The summed E-state index contributed by atoms with van der Waals surface area (Å²) in [7, 11) is 0. The van der Waals surface area contributed by atoms with Crippen LogP contribution >= 0.6 is 11.3 Å². The third-order valence-electron chi connectivity index (χ3n) is 1.99. The van der Waals surface area contributed by atoms with Crippen molar-refractivity contribution >= 4 is 17.0 Å². The quantitative estimate of drug-likeness (QED) is 0.924. The number of aromatic nitrogens is 2. The molecule has 2 N–H and O–H groups in total. The zero-order valence-electron chi connectivity index (χ0n) is 8.49. The maximum absolute atomic E-state index is 12.0. The number of nitrogen functional groups attached to an aromatic ring is 1. The monoisotopic (exact) mass is 263 g/mol. The summed E-state index contributed by atoms with van der Waals surface area (Å²) in [6, 6.07) is 1.67. The number of rotatable bonds is 3. The van der Waals surface area contributed by atoms with Gasteiger partial charge in [0.25, 0.3) is 5.89 Å². The van der Waals surface area contributed by atoms with E-state index in [0.717, 1.165) is 0 Å². The second-order valence-electron chi connectivity index (χ2n) is 3.34. The Hall–Kier alpha value is -1.57. The second kappa shape index (κ2) is 4.36. The van der Waals surface area contributed by atoms with Gasteiger partial charge in [0.2, 0.25) is 0 Å². The van der Waals surface area contributed by atoms with Crippen molar-refractivity contribution in [3.05, 3.63) is 17.3 Å². The predicted octanol–water partition coefficient (Wildman–Crippen LogP) is 2.88. The Labute approximate surface area is 98.2 Å². The molecular formula is C9H8F3N3OS. The van der Waals surface area contributed by atoms with Crippen LogP contribution < -0.4 is 5.73 Å². The second-order valence-corrected chi connectivity index (χ2v) is 4.25. The molecule has 4 nitrogen and oxygen atoms in total. The number of hydrogen-bond donors (Lipinski definition) is 1. The van der Waals surface area contributed by atoms with Gasteiger partial charge < -0.3 is 10.3 Å². The number of halogens is 3. The average Bonchev–Trinajstić information content (AvgIpc) is 2.81. The van der Waals surface area contributed by atoms with Crippen LogP contribution in [0.2, 0.25) is 0 Å². The topological polar surface area (TPSA) is 64.9 Å². The molecule has 0 aliphatic heterocycles. The number of alkyl halides is 3. The highest BCUT2D eigenvalue weighted by molar-refractivity contribution is 7.14. The van der Waals surface area contributed by atoms with Crippen LogP contribution in [0.1, 0.15) is 12.2 Å². The zero-order chi connectivity index (χ0) is 12.5. The molecule has 92 valence electrons. The van der Waals surface area contributed by atoms with Crippen molar-refractivity contribution in [1.82, 2.24) is 10.1 Å². The highest BCUT2D eigenvalue weighted by atomic mass is 32.1. The van der Waals surface area contributed by atoms with Crippen LogP contribution in [0.3, 0.4) is 0 Å². The molecule has 0 saturated carbocycles. The van der Waals surface area contributed by atoms with Gasteiger partial charge in [0.05, 0.1) is 12.1 Å². The van der Waals surface area contributed by atoms with Gasteiger partial charge in [-0.3, -0.25) is 0 Å². The van der Waals surface area contributed by atoms with Crippen molar-refractivity contribution in [3.63, 3.8) is 0 Å². The number of nitrogens with two attached hydrogens (primary N) is 1.